The van der Waals surface area contributed by atoms with Crippen molar-refractivity contribution in [3.63, 3.8) is 0 Å². The Labute approximate surface area is 175 Å². The van der Waals surface area contributed by atoms with Crippen molar-refractivity contribution in [2.24, 2.45) is 0 Å². The van der Waals surface area contributed by atoms with Gasteiger partial charge in [0.2, 0.25) is 0 Å². The summed E-state index contributed by atoms with van der Waals surface area (Å²) >= 11 is 0. The molecule has 0 unspecified atom stereocenters. The highest BCUT2D eigenvalue weighted by Gasteiger charge is 2.52. The molecular formula is C22H25N3O5. The van der Waals surface area contributed by atoms with Gasteiger partial charge in [-0.2, -0.15) is 5.01 Å². The minimum Gasteiger partial charge on any atom is -0.490 e. The predicted octanol–water partition coefficient (Wildman–Crippen LogP) is 2.74. The lowest BCUT2D eigenvalue weighted by atomic mass is 9.87. The highest BCUT2D eigenvalue weighted by molar-refractivity contribution is 6.08. The number of rotatable bonds is 9. The molecule has 0 aliphatic carbocycles. The van der Waals surface area contributed by atoms with Gasteiger partial charge in [-0.25, -0.2) is 4.79 Å². The van der Waals surface area contributed by atoms with Crippen molar-refractivity contribution in [1.82, 2.24) is 15.8 Å². The second-order valence-corrected chi connectivity index (χ2v) is 6.81. The maximum absolute atomic E-state index is 13.0. The Hall–Kier alpha value is -3.55. The summed E-state index contributed by atoms with van der Waals surface area (Å²) in [5.41, 5.74) is 1.78. The average molecular weight is 411 g/mol. The lowest BCUT2D eigenvalue weighted by molar-refractivity contribution is -0.140. The maximum atomic E-state index is 13.0. The number of nitrogens with zero attached hydrogens (tertiary/aromatic N) is 1. The van der Waals surface area contributed by atoms with Crippen LogP contribution in [0.3, 0.4) is 0 Å². The van der Waals surface area contributed by atoms with Gasteiger partial charge in [-0.15, -0.1) is 0 Å². The summed E-state index contributed by atoms with van der Waals surface area (Å²) in [6.07, 6.45) is 1.17. The van der Waals surface area contributed by atoms with Gasteiger partial charge in [-0.05, 0) is 30.5 Å². The fourth-order valence-electron chi connectivity index (χ4n) is 3.24. The van der Waals surface area contributed by atoms with E-state index in [1.807, 2.05) is 13.0 Å². The second kappa shape index (κ2) is 9.30. The summed E-state index contributed by atoms with van der Waals surface area (Å²) in [5.74, 6) is -0.244. The molecule has 2 aromatic rings. The van der Waals surface area contributed by atoms with E-state index >= 15 is 0 Å². The van der Waals surface area contributed by atoms with Gasteiger partial charge in [0, 0.05) is 0 Å². The van der Waals surface area contributed by atoms with Crippen LogP contribution in [0, 0.1) is 0 Å². The van der Waals surface area contributed by atoms with E-state index in [0.29, 0.717) is 35.1 Å². The molecule has 3 rings (SSSR count). The standard InChI is InChI=1S/C22H25N3O5/c1-3-14-29-17-12-8-9-13-18(17)30-15-19(26)24-25-20(27)22(4-2,23-21(25)28)16-10-6-5-7-11-16/h5-13H,3-4,14-15H2,1-2H3,(H,23,28)(H,24,26)/t22-/m0/s1. The van der Waals surface area contributed by atoms with E-state index in [0.717, 1.165) is 6.42 Å². The van der Waals surface area contributed by atoms with E-state index in [-0.39, 0.29) is 6.61 Å². The number of urea groups is 1. The first-order chi connectivity index (χ1) is 14.5. The Kier molecular flexibility index (Phi) is 6.56. The molecule has 0 bridgehead atoms. The number of benzene rings is 2. The quantitative estimate of drug-likeness (QED) is 0.619. The van der Waals surface area contributed by atoms with Crippen LogP contribution in [0.25, 0.3) is 0 Å². The number of amides is 4. The van der Waals surface area contributed by atoms with Gasteiger partial charge >= 0.3 is 6.03 Å². The van der Waals surface area contributed by atoms with E-state index in [2.05, 4.69) is 10.7 Å². The lowest BCUT2D eigenvalue weighted by Gasteiger charge is -2.25. The molecule has 4 amide bonds. The van der Waals surface area contributed by atoms with Gasteiger partial charge in [0.1, 0.15) is 5.54 Å². The Morgan fingerprint density at radius 2 is 1.63 bits per heavy atom. The van der Waals surface area contributed by atoms with Crippen molar-refractivity contribution < 1.29 is 23.9 Å². The molecule has 1 aliphatic rings. The molecule has 0 saturated carbocycles. The summed E-state index contributed by atoms with van der Waals surface area (Å²) in [6, 6.07) is 15.3. The number of hydrogen-bond donors (Lipinski definition) is 2. The number of hydrogen-bond acceptors (Lipinski definition) is 5. The Balaban J connectivity index is 1.66. The van der Waals surface area contributed by atoms with E-state index in [1.54, 1.807) is 55.5 Å². The molecule has 1 aliphatic heterocycles. The third-order valence-corrected chi connectivity index (χ3v) is 4.79. The van der Waals surface area contributed by atoms with Crippen molar-refractivity contribution in [3.8, 4) is 11.5 Å². The van der Waals surface area contributed by atoms with Crippen LogP contribution >= 0.6 is 0 Å². The molecule has 1 heterocycles. The number of carbonyl (C=O) groups is 3. The summed E-state index contributed by atoms with van der Waals surface area (Å²) in [7, 11) is 0. The van der Waals surface area contributed by atoms with Crippen LogP contribution in [0.4, 0.5) is 4.79 Å². The molecule has 0 aromatic heterocycles. The van der Waals surface area contributed by atoms with Crippen molar-refractivity contribution in [2.75, 3.05) is 13.2 Å². The van der Waals surface area contributed by atoms with Crippen LogP contribution in [0.5, 0.6) is 11.5 Å². The Bertz CT molecular complexity index is 918. The molecule has 1 atom stereocenters. The van der Waals surface area contributed by atoms with Crippen LogP contribution in [0.1, 0.15) is 32.3 Å². The van der Waals surface area contributed by atoms with Gasteiger partial charge in [0.15, 0.2) is 18.1 Å². The van der Waals surface area contributed by atoms with Crippen LogP contribution in [0.2, 0.25) is 0 Å². The molecule has 0 spiro atoms. The maximum Gasteiger partial charge on any atom is 0.344 e. The predicted molar refractivity (Wildman–Crippen MR) is 110 cm³/mol. The van der Waals surface area contributed by atoms with E-state index in [9.17, 15) is 14.4 Å². The number of imide groups is 1. The highest BCUT2D eigenvalue weighted by atomic mass is 16.5. The summed E-state index contributed by atoms with van der Waals surface area (Å²) in [6.45, 7) is 3.93. The summed E-state index contributed by atoms with van der Waals surface area (Å²) in [4.78, 5) is 37.8. The monoisotopic (exact) mass is 411 g/mol. The molecule has 8 heteroatoms. The largest absolute Gasteiger partial charge is 0.490 e. The second-order valence-electron chi connectivity index (χ2n) is 6.81. The van der Waals surface area contributed by atoms with Gasteiger partial charge < -0.3 is 14.8 Å². The van der Waals surface area contributed by atoms with Crippen LogP contribution in [-0.2, 0) is 15.1 Å². The Morgan fingerprint density at radius 3 is 2.27 bits per heavy atom. The normalized spacial score (nSPS) is 18.1. The fourth-order valence-corrected chi connectivity index (χ4v) is 3.24. The third kappa shape index (κ3) is 4.22. The summed E-state index contributed by atoms with van der Waals surface area (Å²) in [5, 5.41) is 3.42. The first-order valence-electron chi connectivity index (χ1n) is 9.88. The molecule has 8 nitrogen and oxygen atoms in total. The van der Waals surface area contributed by atoms with E-state index in [1.165, 1.54) is 0 Å². The van der Waals surface area contributed by atoms with Crippen LogP contribution in [-0.4, -0.2) is 36.1 Å². The number of nitrogens with one attached hydrogen (secondary N) is 2. The third-order valence-electron chi connectivity index (χ3n) is 4.79. The van der Waals surface area contributed by atoms with Crippen LogP contribution < -0.4 is 20.2 Å². The highest BCUT2D eigenvalue weighted by Crippen LogP contribution is 2.31. The van der Waals surface area contributed by atoms with Gasteiger partial charge in [0.05, 0.1) is 6.61 Å². The minimum atomic E-state index is -1.22. The number of carbonyl (C=O) groups excluding carboxylic acids is 3. The summed E-state index contributed by atoms with van der Waals surface area (Å²) < 4.78 is 11.1. The van der Waals surface area contributed by atoms with Gasteiger partial charge in [0.25, 0.3) is 11.8 Å². The molecular weight excluding hydrogens is 386 g/mol. The zero-order chi connectivity index (χ0) is 21.6. The van der Waals surface area contributed by atoms with E-state index in [4.69, 9.17) is 9.47 Å². The van der Waals surface area contributed by atoms with Crippen molar-refractivity contribution in [1.29, 1.82) is 0 Å². The SMILES string of the molecule is CCCOc1ccccc1OCC(=O)NN1C(=O)N[C@@](CC)(c2ccccc2)C1=O. The Morgan fingerprint density at radius 1 is 1.00 bits per heavy atom. The smallest absolute Gasteiger partial charge is 0.344 e. The number of hydrazine groups is 1. The zero-order valence-corrected chi connectivity index (χ0v) is 17.0. The molecule has 30 heavy (non-hydrogen) atoms. The molecule has 2 aromatic carbocycles. The van der Waals surface area contributed by atoms with Crippen molar-refractivity contribution >= 4 is 17.8 Å². The van der Waals surface area contributed by atoms with E-state index < -0.39 is 23.4 Å². The molecule has 2 N–H and O–H groups in total. The fraction of sp³-hybridized carbons (Fsp3) is 0.318. The van der Waals surface area contributed by atoms with Crippen molar-refractivity contribution in [2.45, 2.75) is 32.2 Å². The molecule has 1 saturated heterocycles. The number of para-hydroxylation sites is 2. The average Bonchev–Trinajstić information content (AvgIpc) is 3.02. The van der Waals surface area contributed by atoms with Gasteiger partial charge in [-0.3, -0.25) is 15.0 Å². The molecule has 158 valence electrons. The first kappa shape index (κ1) is 21.2. The molecule has 1 fully saturated rings. The van der Waals surface area contributed by atoms with Crippen LogP contribution in [0.15, 0.2) is 54.6 Å². The lowest BCUT2D eigenvalue weighted by Crippen LogP contribution is -2.49. The van der Waals surface area contributed by atoms with Crippen molar-refractivity contribution in [3.05, 3.63) is 60.2 Å². The number of ether oxygens (including phenoxy) is 2. The topological polar surface area (TPSA) is 97.0 Å². The zero-order valence-electron chi connectivity index (χ0n) is 17.0. The van der Waals surface area contributed by atoms with Gasteiger partial charge in [-0.1, -0.05) is 56.3 Å². The minimum absolute atomic E-state index is 0.340. The first-order valence-corrected chi connectivity index (χ1v) is 9.88. The molecule has 0 radical (unpaired) electrons.